The summed E-state index contributed by atoms with van der Waals surface area (Å²) in [5, 5.41) is 17.7. The van der Waals surface area contributed by atoms with Gasteiger partial charge >= 0.3 is 11.9 Å². The lowest BCUT2D eigenvalue weighted by molar-refractivity contribution is -0.144. The topological polar surface area (TPSA) is 83.8 Å². The zero-order valence-corrected chi connectivity index (χ0v) is 10.8. The third-order valence-electron chi connectivity index (χ3n) is 4.05. The first-order valence-corrected chi connectivity index (χ1v) is 6.84. The molecule has 2 fully saturated rings. The van der Waals surface area contributed by atoms with Crippen LogP contribution < -0.4 is 0 Å². The summed E-state index contributed by atoms with van der Waals surface area (Å²) in [6.07, 6.45) is 7.99. The quantitative estimate of drug-likeness (QED) is 0.545. The minimum absolute atomic E-state index is 0.0759. The van der Waals surface area contributed by atoms with E-state index in [4.69, 9.17) is 9.84 Å². The van der Waals surface area contributed by atoms with Gasteiger partial charge in [0.25, 0.3) is 0 Å². The molecule has 2 aliphatic heterocycles. The van der Waals surface area contributed by atoms with Crippen LogP contribution >= 0.6 is 0 Å². The highest BCUT2D eigenvalue weighted by atomic mass is 16.5. The summed E-state index contributed by atoms with van der Waals surface area (Å²) < 4.78 is 5.68. The van der Waals surface area contributed by atoms with Gasteiger partial charge in [-0.2, -0.15) is 0 Å². The average Bonchev–Trinajstić information content (AvgIpc) is 2.93. The van der Waals surface area contributed by atoms with Gasteiger partial charge in [0.2, 0.25) is 0 Å². The minimum Gasteiger partial charge on any atom is -0.481 e. The number of allylic oxidation sites excluding steroid dienone is 2. The second-order valence-electron chi connectivity index (χ2n) is 5.31. The predicted octanol–water partition coefficient (Wildman–Crippen LogP) is 2.07. The Morgan fingerprint density at radius 2 is 1.89 bits per heavy atom. The van der Waals surface area contributed by atoms with Crippen molar-refractivity contribution in [3.63, 3.8) is 0 Å². The van der Waals surface area contributed by atoms with Gasteiger partial charge in [0, 0.05) is 12.3 Å². The number of carbonyl (C=O) groups is 2. The van der Waals surface area contributed by atoms with Gasteiger partial charge in [-0.25, -0.2) is 0 Å². The lowest BCUT2D eigenvalue weighted by atomic mass is 9.77. The highest BCUT2D eigenvalue weighted by Crippen LogP contribution is 2.45. The largest absolute Gasteiger partial charge is 0.481 e. The second kappa shape index (κ2) is 6.19. The number of unbranched alkanes of at least 4 members (excludes halogenated alkanes) is 1. The van der Waals surface area contributed by atoms with E-state index < -0.39 is 11.9 Å². The Morgan fingerprint density at radius 1 is 1.16 bits per heavy atom. The second-order valence-corrected chi connectivity index (χ2v) is 5.31. The molecule has 19 heavy (non-hydrogen) atoms. The number of rotatable bonds is 7. The van der Waals surface area contributed by atoms with Crippen LogP contribution in [-0.2, 0) is 14.3 Å². The number of aliphatic carboxylic acids is 2. The number of fused-ring (bicyclic) bond motifs is 2. The summed E-state index contributed by atoms with van der Waals surface area (Å²) in [6, 6.07) is 0. The van der Waals surface area contributed by atoms with Gasteiger partial charge in [0.15, 0.2) is 0 Å². The first-order valence-electron chi connectivity index (χ1n) is 6.84. The fraction of sp³-hybridized carbons (Fsp3) is 0.714. The molecule has 2 rings (SSSR count). The van der Waals surface area contributed by atoms with Gasteiger partial charge in [-0.1, -0.05) is 12.2 Å². The normalized spacial score (nSPS) is 33.1. The molecule has 106 valence electrons. The molecule has 0 amide bonds. The summed E-state index contributed by atoms with van der Waals surface area (Å²) in [5.74, 6) is -1.83. The molecule has 5 nitrogen and oxygen atoms in total. The van der Waals surface area contributed by atoms with Crippen LogP contribution in [-0.4, -0.2) is 34.4 Å². The highest BCUT2D eigenvalue weighted by Gasteiger charge is 2.51. The molecule has 0 aliphatic carbocycles. The summed E-state index contributed by atoms with van der Waals surface area (Å²) in [4.78, 5) is 21.6. The van der Waals surface area contributed by atoms with Crippen molar-refractivity contribution in [3.05, 3.63) is 12.2 Å². The Kier molecular flexibility index (Phi) is 4.58. The molecule has 4 atom stereocenters. The van der Waals surface area contributed by atoms with Crippen molar-refractivity contribution in [2.45, 2.75) is 50.7 Å². The van der Waals surface area contributed by atoms with Crippen molar-refractivity contribution in [2.75, 3.05) is 0 Å². The molecule has 2 heterocycles. The molecule has 0 aromatic carbocycles. The zero-order valence-electron chi connectivity index (χ0n) is 10.8. The third-order valence-corrected chi connectivity index (χ3v) is 4.05. The van der Waals surface area contributed by atoms with Crippen molar-refractivity contribution in [1.82, 2.24) is 0 Å². The van der Waals surface area contributed by atoms with Crippen LogP contribution in [0.15, 0.2) is 12.2 Å². The van der Waals surface area contributed by atoms with Crippen molar-refractivity contribution in [2.24, 2.45) is 11.8 Å². The lowest BCUT2D eigenvalue weighted by Crippen LogP contribution is -2.33. The molecule has 2 N–H and O–H groups in total. The molecule has 0 unspecified atom stereocenters. The van der Waals surface area contributed by atoms with Crippen LogP contribution in [0.1, 0.15) is 38.5 Å². The highest BCUT2D eigenvalue weighted by molar-refractivity contribution is 5.72. The SMILES string of the molecule is O=C(O)CCC/C=C\C[C@@H]1[C@H](C(=O)O)[C@@H]2CC[C@H]1O2. The van der Waals surface area contributed by atoms with E-state index in [1.165, 1.54) is 0 Å². The lowest BCUT2D eigenvalue weighted by Gasteiger charge is -2.23. The van der Waals surface area contributed by atoms with E-state index in [2.05, 4.69) is 0 Å². The average molecular weight is 268 g/mol. The predicted molar refractivity (Wildman–Crippen MR) is 67.8 cm³/mol. The molecular weight excluding hydrogens is 248 g/mol. The Hall–Kier alpha value is -1.36. The number of ether oxygens (including phenoxy) is 1. The zero-order chi connectivity index (χ0) is 13.8. The van der Waals surface area contributed by atoms with E-state index in [1.54, 1.807) is 0 Å². The fourth-order valence-electron chi connectivity index (χ4n) is 3.16. The van der Waals surface area contributed by atoms with Crippen LogP contribution in [0.3, 0.4) is 0 Å². The first kappa shape index (κ1) is 14.1. The van der Waals surface area contributed by atoms with E-state index in [1.807, 2.05) is 12.2 Å². The first-order chi connectivity index (χ1) is 9.09. The van der Waals surface area contributed by atoms with E-state index in [0.29, 0.717) is 12.8 Å². The van der Waals surface area contributed by atoms with Gasteiger partial charge in [-0.3, -0.25) is 9.59 Å². The molecule has 0 saturated carbocycles. The summed E-state index contributed by atoms with van der Waals surface area (Å²) in [7, 11) is 0. The van der Waals surface area contributed by atoms with Crippen LogP contribution in [0.5, 0.6) is 0 Å². The summed E-state index contributed by atoms with van der Waals surface area (Å²) in [6.45, 7) is 0. The molecule has 2 aliphatic rings. The van der Waals surface area contributed by atoms with Crippen LogP contribution in [0.4, 0.5) is 0 Å². The standard InChI is InChI=1S/C14H20O5/c15-12(16)6-4-2-1-3-5-9-10-7-8-11(19-10)13(9)14(17)18/h1,3,9-11,13H,2,4-8H2,(H,15,16)(H,17,18)/b3-1-/t9-,10+,11-,13-/m0/s1. The van der Waals surface area contributed by atoms with Gasteiger partial charge in [0.1, 0.15) is 0 Å². The Morgan fingerprint density at radius 3 is 2.58 bits per heavy atom. The van der Waals surface area contributed by atoms with E-state index in [-0.39, 0.29) is 30.5 Å². The fourth-order valence-corrected chi connectivity index (χ4v) is 3.16. The Labute approximate surface area is 112 Å². The number of hydrogen-bond acceptors (Lipinski definition) is 3. The molecule has 0 radical (unpaired) electrons. The monoisotopic (exact) mass is 268 g/mol. The molecular formula is C14H20O5. The minimum atomic E-state index is -0.777. The van der Waals surface area contributed by atoms with Crippen LogP contribution in [0.2, 0.25) is 0 Å². The molecule has 2 bridgehead atoms. The molecule has 0 aromatic heterocycles. The number of hydrogen-bond donors (Lipinski definition) is 2. The Balaban J connectivity index is 1.77. The maximum absolute atomic E-state index is 11.2. The molecule has 5 heteroatoms. The van der Waals surface area contributed by atoms with Gasteiger partial charge in [-0.05, 0) is 32.1 Å². The van der Waals surface area contributed by atoms with Crippen molar-refractivity contribution >= 4 is 11.9 Å². The van der Waals surface area contributed by atoms with E-state index >= 15 is 0 Å². The maximum atomic E-state index is 11.2. The molecule has 2 saturated heterocycles. The number of carboxylic acids is 2. The van der Waals surface area contributed by atoms with Crippen LogP contribution in [0, 0.1) is 11.8 Å². The van der Waals surface area contributed by atoms with Crippen molar-refractivity contribution in [3.8, 4) is 0 Å². The third kappa shape index (κ3) is 3.35. The molecule has 0 aromatic rings. The molecule has 0 spiro atoms. The smallest absolute Gasteiger partial charge is 0.309 e. The van der Waals surface area contributed by atoms with Gasteiger partial charge < -0.3 is 14.9 Å². The van der Waals surface area contributed by atoms with Crippen molar-refractivity contribution in [1.29, 1.82) is 0 Å². The van der Waals surface area contributed by atoms with Crippen molar-refractivity contribution < 1.29 is 24.5 Å². The van der Waals surface area contributed by atoms with E-state index in [9.17, 15) is 14.7 Å². The van der Waals surface area contributed by atoms with Crippen LogP contribution in [0.25, 0.3) is 0 Å². The Bertz CT molecular complexity index is 376. The maximum Gasteiger partial charge on any atom is 0.309 e. The number of carboxylic acid groups (broad SMARTS) is 2. The van der Waals surface area contributed by atoms with E-state index in [0.717, 1.165) is 19.3 Å². The van der Waals surface area contributed by atoms with Gasteiger partial charge in [-0.15, -0.1) is 0 Å². The van der Waals surface area contributed by atoms with Gasteiger partial charge in [0.05, 0.1) is 18.1 Å². The summed E-state index contributed by atoms with van der Waals surface area (Å²) in [5.41, 5.74) is 0. The summed E-state index contributed by atoms with van der Waals surface area (Å²) >= 11 is 0.